The van der Waals surface area contributed by atoms with Gasteiger partial charge >= 0.3 is 0 Å². The molecule has 120 valence electrons. The van der Waals surface area contributed by atoms with Crippen LogP contribution in [0.15, 0.2) is 18.2 Å². The van der Waals surface area contributed by atoms with Crippen LogP contribution in [-0.2, 0) is 9.59 Å². The van der Waals surface area contributed by atoms with E-state index in [1.807, 2.05) is 0 Å². The molecule has 0 unspecified atom stereocenters. The Hall–Kier alpha value is -1.82. The molecule has 1 N–H and O–H groups in total. The van der Waals surface area contributed by atoms with Crippen molar-refractivity contribution in [1.29, 1.82) is 0 Å². The summed E-state index contributed by atoms with van der Waals surface area (Å²) in [6.45, 7) is 2.52. The summed E-state index contributed by atoms with van der Waals surface area (Å²) in [4.78, 5) is 24.8. The van der Waals surface area contributed by atoms with Gasteiger partial charge in [-0.2, -0.15) is 0 Å². The Balaban J connectivity index is 1.77. The smallest absolute Gasteiger partial charge is 0.258 e. The standard InChI is InChI=1S/C15H18ClFN2O3/c1-10(20)19-7-5-11(6-8-19)18-14(21)9-22-13-4-2-3-12(16)15(13)17/h2-4,11H,5-9H2,1H3,(H,18,21). The summed E-state index contributed by atoms with van der Waals surface area (Å²) in [5, 5.41) is 2.78. The third-order valence-corrected chi connectivity index (χ3v) is 3.87. The van der Waals surface area contributed by atoms with Gasteiger partial charge in [-0.1, -0.05) is 17.7 Å². The van der Waals surface area contributed by atoms with E-state index in [2.05, 4.69) is 5.32 Å². The Labute approximate surface area is 133 Å². The molecule has 1 aliphatic rings. The molecule has 1 saturated heterocycles. The molecule has 0 saturated carbocycles. The normalized spacial score (nSPS) is 15.5. The van der Waals surface area contributed by atoms with Crippen LogP contribution in [0.5, 0.6) is 5.75 Å². The monoisotopic (exact) mass is 328 g/mol. The summed E-state index contributed by atoms with van der Waals surface area (Å²) in [6.07, 6.45) is 1.41. The average molecular weight is 329 g/mol. The highest BCUT2D eigenvalue weighted by atomic mass is 35.5. The maximum absolute atomic E-state index is 13.6. The first-order valence-electron chi connectivity index (χ1n) is 7.09. The number of carbonyl (C=O) groups is 2. The Morgan fingerprint density at radius 2 is 2.09 bits per heavy atom. The molecule has 1 heterocycles. The van der Waals surface area contributed by atoms with Crippen LogP contribution in [0.4, 0.5) is 4.39 Å². The Morgan fingerprint density at radius 1 is 1.41 bits per heavy atom. The number of nitrogens with one attached hydrogen (secondary N) is 1. The van der Waals surface area contributed by atoms with E-state index in [0.29, 0.717) is 25.9 Å². The molecule has 0 atom stereocenters. The van der Waals surface area contributed by atoms with E-state index in [9.17, 15) is 14.0 Å². The van der Waals surface area contributed by atoms with Crippen LogP contribution >= 0.6 is 11.6 Å². The average Bonchev–Trinajstić information content (AvgIpc) is 2.49. The highest BCUT2D eigenvalue weighted by Crippen LogP contribution is 2.23. The molecule has 0 spiro atoms. The van der Waals surface area contributed by atoms with Gasteiger partial charge in [0.25, 0.3) is 5.91 Å². The Bertz CT molecular complexity index is 560. The van der Waals surface area contributed by atoms with Crippen LogP contribution in [0.1, 0.15) is 19.8 Å². The lowest BCUT2D eigenvalue weighted by Crippen LogP contribution is -2.47. The van der Waals surface area contributed by atoms with E-state index >= 15 is 0 Å². The topological polar surface area (TPSA) is 58.6 Å². The minimum Gasteiger partial charge on any atom is -0.481 e. The third-order valence-electron chi connectivity index (χ3n) is 3.58. The molecule has 1 fully saturated rings. The van der Waals surface area contributed by atoms with Crippen LogP contribution in [0.3, 0.4) is 0 Å². The van der Waals surface area contributed by atoms with Crippen molar-refractivity contribution in [2.45, 2.75) is 25.8 Å². The van der Waals surface area contributed by atoms with Crippen LogP contribution < -0.4 is 10.1 Å². The first kappa shape index (κ1) is 16.5. The lowest BCUT2D eigenvalue weighted by Gasteiger charge is -2.31. The summed E-state index contributed by atoms with van der Waals surface area (Å²) >= 11 is 5.64. The summed E-state index contributed by atoms with van der Waals surface area (Å²) in [7, 11) is 0. The Kier molecular flexibility index (Phi) is 5.60. The lowest BCUT2D eigenvalue weighted by molar-refractivity contribution is -0.130. The number of halogens is 2. The fraction of sp³-hybridized carbons (Fsp3) is 0.467. The minimum atomic E-state index is -0.674. The van der Waals surface area contributed by atoms with Gasteiger partial charge in [0.1, 0.15) is 0 Å². The molecule has 0 aromatic heterocycles. The predicted molar refractivity (Wildman–Crippen MR) is 80.3 cm³/mol. The van der Waals surface area contributed by atoms with Crippen molar-refractivity contribution in [1.82, 2.24) is 10.2 Å². The quantitative estimate of drug-likeness (QED) is 0.919. The van der Waals surface area contributed by atoms with Gasteiger partial charge in [0.2, 0.25) is 5.91 Å². The summed E-state index contributed by atoms with van der Waals surface area (Å²) < 4.78 is 18.7. The van der Waals surface area contributed by atoms with E-state index in [0.717, 1.165) is 0 Å². The van der Waals surface area contributed by atoms with Crippen molar-refractivity contribution in [3.63, 3.8) is 0 Å². The van der Waals surface area contributed by atoms with Crippen molar-refractivity contribution in [3.8, 4) is 5.75 Å². The van der Waals surface area contributed by atoms with Gasteiger partial charge in [0.15, 0.2) is 18.2 Å². The van der Waals surface area contributed by atoms with Crippen molar-refractivity contribution >= 4 is 23.4 Å². The molecule has 0 radical (unpaired) electrons. The van der Waals surface area contributed by atoms with Crippen LogP contribution in [0.25, 0.3) is 0 Å². The number of hydrogen-bond donors (Lipinski definition) is 1. The zero-order chi connectivity index (χ0) is 16.1. The van der Waals surface area contributed by atoms with Gasteiger partial charge in [-0.3, -0.25) is 9.59 Å². The van der Waals surface area contributed by atoms with E-state index in [-0.39, 0.29) is 35.2 Å². The maximum Gasteiger partial charge on any atom is 0.258 e. The van der Waals surface area contributed by atoms with Gasteiger partial charge in [-0.25, -0.2) is 4.39 Å². The molecule has 1 aliphatic heterocycles. The predicted octanol–water partition coefficient (Wildman–Crippen LogP) is 1.98. The van der Waals surface area contributed by atoms with Gasteiger partial charge < -0.3 is 15.0 Å². The highest BCUT2D eigenvalue weighted by molar-refractivity contribution is 6.30. The fourth-order valence-corrected chi connectivity index (χ4v) is 2.51. The molecule has 22 heavy (non-hydrogen) atoms. The van der Waals surface area contributed by atoms with Gasteiger partial charge in [-0.15, -0.1) is 0 Å². The summed E-state index contributed by atoms with van der Waals surface area (Å²) in [6, 6.07) is 4.39. The largest absolute Gasteiger partial charge is 0.481 e. The van der Waals surface area contributed by atoms with Crippen molar-refractivity contribution in [2.24, 2.45) is 0 Å². The molecule has 2 rings (SSSR count). The minimum absolute atomic E-state index is 0.0101. The number of piperidine rings is 1. The van der Waals surface area contributed by atoms with Gasteiger partial charge in [0, 0.05) is 26.1 Å². The number of benzene rings is 1. The first-order valence-corrected chi connectivity index (χ1v) is 7.47. The number of rotatable bonds is 4. The summed E-state index contributed by atoms with van der Waals surface area (Å²) in [5.74, 6) is -0.994. The fourth-order valence-electron chi connectivity index (χ4n) is 2.35. The maximum atomic E-state index is 13.6. The number of ether oxygens (including phenoxy) is 1. The molecular weight excluding hydrogens is 311 g/mol. The second-order valence-corrected chi connectivity index (χ2v) is 5.60. The van der Waals surface area contributed by atoms with E-state index < -0.39 is 5.82 Å². The molecule has 7 heteroatoms. The SMILES string of the molecule is CC(=O)N1CCC(NC(=O)COc2cccc(Cl)c2F)CC1. The Morgan fingerprint density at radius 3 is 2.73 bits per heavy atom. The number of amides is 2. The van der Waals surface area contributed by atoms with E-state index in [4.69, 9.17) is 16.3 Å². The van der Waals surface area contributed by atoms with E-state index in [1.54, 1.807) is 11.0 Å². The number of carbonyl (C=O) groups excluding carboxylic acids is 2. The van der Waals surface area contributed by atoms with Crippen LogP contribution in [0, 0.1) is 5.82 Å². The highest BCUT2D eigenvalue weighted by Gasteiger charge is 2.22. The number of hydrogen-bond acceptors (Lipinski definition) is 3. The first-order chi connectivity index (χ1) is 10.5. The van der Waals surface area contributed by atoms with Crippen LogP contribution in [-0.4, -0.2) is 42.5 Å². The molecule has 2 amide bonds. The zero-order valence-electron chi connectivity index (χ0n) is 12.3. The lowest BCUT2D eigenvalue weighted by atomic mass is 10.1. The van der Waals surface area contributed by atoms with Crippen molar-refractivity contribution < 1.29 is 18.7 Å². The van der Waals surface area contributed by atoms with Crippen LogP contribution in [0.2, 0.25) is 5.02 Å². The third kappa shape index (κ3) is 4.34. The molecule has 1 aromatic carbocycles. The molecule has 1 aromatic rings. The summed E-state index contributed by atoms with van der Waals surface area (Å²) in [5.41, 5.74) is 0. The molecule has 0 bridgehead atoms. The number of nitrogens with zero attached hydrogens (tertiary/aromatic N) is 1. The van der Waals surface area contributed by atoms with Crippen molar-refractivity contribution in [2.75, 3.05) is 19.7 Å². The zero-order valence-corrected chi connectivity index (χ0v) is 13.0. The second kappa shape index (κ2) is 7.45. The second-order valence-electron chi connectivity index (χ2n) is 5.19. The van der Waals surface area contributed by atoms with Gasteiger partial charge in [-0.05, 0) is 25.0 Å². The van der Waals surface area contributed by atoms with Gasteiger partial charge in [0.05, 0.1) is 5.02 Å². The molecule has 0 aliphatic carbocycles. The number of likely N-dealkylation sites (tertiary alicyclic amines) is 1. The molecule has 5 nitrogen and oxygen atoms in total. The molecular formula is C15H18ClFN2O3. The van der Waals surface area contributed by atoms with E-state index in [1.165, 1.54) is 19.1 Å². The van der Waals surface area contributed by atoms with Crippen molar-refractivity contribution in [3.05, 3.63) is 29.0 Å².